The topological polar surface area (TPSA) is 69.6 Å². The third-order valence-electron chi connectivity index (χ3n) is 5.13. The van der Waals surface area contributed by atoms with Gasteiger partial charge in [-0.3, -0.25) is 4.79 Å². The van der Waals surface area contributed by atoms with Gasteiger partial charge in [0.15, 0.2) is 0 Å². The van der Waals surface area contributed by atoms with E-state index in [1.165, 1.54) is 4.90 Å². The number of halogens is 3. The Labute approximate surface area is 164 Å². The molecule has 0 saturated carbocycles. The summed E-state index contributed by atoms with van der Waals surface area (Å²) < 4.78 is 38.6. The Kier molecular flexibility index (Phi) is 4.85. The van der Waals surface area contributed by atoms with Crippen molar-refractivity contribution >= 4 is 23.6 Å². The first-order chi connectivity index (χ1) is 13.8. The SMILES string of the molecule is O=C1CN(C2CCN(c3nccc(C(F)(F)F)n3)CC2)C(=O)N1c1ccccc1. The first-order valence-electron chi connectivity index (χ1n) is 9.18. The van der Waals surface area contributed by atoms with Crippen molar-refractivity contribution in [3.63, 3.8) is 0 Å². The van der Waals surface area contributed by atoms with E-state index in [0.717, 1.165) is 12.3 Å². The molecule has 1 aromatic heterocycles. The molecule has 29 heavy (non-hydrogen) atoms. The average Bonchev–Trinajstić information content (AvgIpc) is 3.02. The van der Waals surface area contributed by atoms with Crippen LogP contribution in [0.1, 0.15) is 18.5 Å². The minimum atomic E-state index is -4.53. The lowest BCUT2D eigenvalue weighted by Gasteiger charge is -2.36. The first-order valence-corrected chi connectivity index (χ1v) is 9.18. The largest absolute Gasteiger partial charge is 0.433 e. The number of para-hydroxylation sites is 1. The predicted octanol–water partition coefficient (Wildman–Crippen LogP) is 2.93. The van der Waals surface area contributed by atoms with Gasteiger partial charge >= 0.3 is 12.2 Å². The van der Waals surface area contributed by atoms with E-state index in [-0.39, 0.29) is 30.5 Å². The van der Waals surface area contributed by atoms with Gasteiger partial charge in [-0.05, 0) is 31.0 Å². The predicted molar refractivity (Wildman–Crippen MR) is 98.3 cm³/mol. The highest BCUT2D eigenvalue weighted by Gasteiger charge is 2.41. The molecular weight excluding hydrogens is 387 g/mol. The fourth-order valence-corrected chi connectivity index (χ4v) is 3.67. The Morgan fingerprint density at radius 1 is 1.00 bits per heavy atom. The van der Waals surface area contributed by atoms with Crippen molar-refractivity contribution in [2.45, 2.75) is 25.1 Å². The standard InChI is InChI=1S/C19H18F3N5O2/c20-19(21,22)15-6-9-23-17(24-15)25-10-7-13(8-11-25)26-12-16(28)27(18(26)29)14-4-2-1-3-5-14/h1-6,9,13H,7-8,10-12H2. The molecule has 0 radical (unpaired) electrons. The van der Waals surface area contributed by atoms with E-state index in [2.05, 4.69) is 9.97 Å². The zero-order chi connectivity index (χ0) is 20.6. The Hall–Kier alpha value is -3.17. The number of imide groups is 1. The van der Waals surface area contributed by atoms with Gasteiger partial charge in [0.05, 0.1) is 5.69 Å². The van der Waals surface area contributed by atoms with Crippen LogP contribution < -0.4 is 9.80 Å². The number of anilines is 2. The Morgan fingerprint density at radius 2 is 1.69 bits per heavy atom. The van der Waals surface area contributed by atoms with Crippen molar-refractivity contribution in [2.24, 2.45) is 0 Å². The zero-order valence-electron chi connectivity index (χ0n) is 15.3. The molecule has 3 heterocycles. The highest BCUT2D eigenvalue weighted by Crippen LogP contribution is 2.30. The fourth-order valence-electron chi connectivity index (χ4n) is 3.67. The second-order valence-electron chi connectivity index (χ2n) is 6.93. The number of nitrogens with zero attached hydrogens (tertiary/aromatic N) is 5. The molecule has 4 rings (SSSR count). The van der Waals surface area contributed by atoms with Gasteiger partial charge in [-0.15, -0.1) is 0 Å². The van der Waals surface area contributed by atoms with Crippen LogP contribution in [0.3, 0.4) is 0 Å². The second kappa shape index (κ2) is 7.34. The van der Waals surface area contributed by atoms with Gasteiger partial charge in [0.2, 0.25) is 5.95 Å². The molecule has 0 bridgehead atoms. The molecule has 1 aromatic carbocycles. The lowest BCUT2D eigenvalue weighted by atomic mass is 10.0. The van der Waals surface area contributed by atoms with Crippen LogP contribution in [0.25, 0.3) is 0 Å². The summed E-state index contributed by atoms with van der Waals surface area (Å²) in [6.45, 7) is 0.795. The Balaban J connectivity index is 1.43. The summed E-state index contributed by atoms with van der Waals surface area (Å²) in [5.74, 6) is -0.266. The number of carbonyl (C=O) groups excluding carboxylic acids is 2. The van der Waals surface area contributed by atoms with Gasteiger partial charge in [0.25, 0.3) is 5.91 Å². The average molecular weight is 405 g/mol. The molecule has 7 nitrogen and oxygen atoms in total. The normalized spacial score (nSPS) is 18.7. The Morgan fingerprint density at radius 3 is 2.34 bits per heavy atom. The van der Waals surface area contributed by atoms with Crippen molar-refractivity contribution in [1.82, 2.24) is 14.9 Å². The van der Waals surface area contributed by atoms with Crippen LogP contribution in [0.15, 0.2) is 42.6 Å². The molecule has 2 aromatic rings. The van der Waals surface area contributed by atoms with Crippen molar-refractivity contribution in [3.8, 4) is 0 Å². The monoisotopic (exact) mass is 405 g/mol. The molecule has 3 amide bonds. The zero-order valence-corrected chi connectivity index (χ0v) is 15.3. The van der Waals surface area contributed by atoms with E-state index in [1.54, 1.807) is 40.1 Å². The summed E-state index contributed by atoms with van der Waals surface area (Å²) in [7, 11) is 0. The van der Waals surface area contributed by atoms with E-state index < -0.39 is 11.9 Å². The number of aromatic nitrogens is 2. The number of hydrogen-bond donors (Lipinski definition) is 0. The maximum Gasteiger partial charge on any atom is 0.433 e. The maximum atomic E-state index is 12.9. The number of hydrogen-bond acceptors (Lipinski definition) is 5. The molecule has 10 heteroatoms. The molecule has 0 spiro atoms. The van der Waals surface area contributed by atoms with Crippen LogP contribution in [0, 0.1) is 0 Å². The molecule has 2 aliphatic rings. The summed E-state index contributed by atoms with van der Waals surface area (Å²) in [5, 5.41) is 0. The summed E-state index contributed by atoms with van der Waals surface area (Å²) in [6.07, 6.45) is -2.40. The summed E-state index contributed by atoms with van der Waals surface area (Å²) in [5.41, 5.74) is -0.455. The summed E-state index contributed by atoms with van der Waals surface area (Å²) in [4.78, 5) is 37.1. The second-order valence-corrected chi connectivity index (χ2v) is 6.93. The van der Waals surface area contributed by atoms with E-state index in [4.69, 9.17) is 0 Å². The molecule has 0 N–H and O–H groups in total. The molecule has 152 valence electrons. The van der Waals surface area contributed by atoms with Crippen molar-refractivity contribution < 1.29 is 22.8 Å². The van der Waals surface area contributed by atoms with Crippen molar-refractivity contribution in [1.29, 1.82) is 0 Å². The van der Waals surface area contributed by atoms with Crippen LogP contribution >= 0.6 is 0 Å². The van der Waals surface area contributed by atoms with Gasteiger partial charge < -0.3 is 9.80 Å². The highest BCUT2D eigenvalue weighted by atomic mass is 19.4. The fraction of sp³-hybridized carbons (Fsp3) is 0.368. The minimum absolute atomic E-state index is 0.00153. The van der Waals surface area contributed by atoms with Crippen LogP contribution in [0.2, 0.25) is 0 Å². The lowest BCUT2D eigenvalue weighted by Crippen LogP contribution is -2.47. The number of benzene rings is 1. The molecule has 2 fully saturated rings. The van der Waals surface area contributed by atoms with E-state index in [1.807, 2.05) is 0 Å². The maximum absolute atomic E-state index is 12.9. The van der Waals surface area contributed by atoms with Gasteiger partial charge in [0, 0.05) is 25.3 Å². The number of amides is 3. The molecule has 0 atom stereocenters. The molecule has 0 aliphatic carbocycles. The molecule has 2 saturated heterocycles. The van der Waals surface area contributed by atoms with E-state index in [9.17, 15) is 22.8 Å². The minimum Gasteiger partial charge on any atom is -0.341 e. The third-order valence-corrected chi connectivity index (χ3v) is 5.13. The van der Waals surface area contributed by atoms with Crippen molar-refractivity contribution in [2.75, 3.05) is 29.4 Å². The molecule has 2 aliphatic heterocycles. The lowest BCUT2D eigenvalue weighted by molar-refractivity contribution is -0.141. The van der Waals surface area contributed by atoms with Gasteiger partial charge in [0.1, 0.15) is 12.2 Å². The highest BCUT2D eigenvalue weighted by molar-refractivity contribution is 6.19. The first kappa shape index (κ1) is 19.2. The number of piperidine rings is 1. The van der Waals surface area contributed by atoms with Crippen molar-refractivity contribution in [3.05, 3.63) is 48.3 Å². The van der Waals surface area contributed by atoms with Crippen LogP contribution in [-0.2, 0) is 11.0 Å². The number of alkyl halides is 3. The number of rotatable bonds is 3. The Bertz CT molecular complexity index is 914. The molecule has 0 unspecified atom stereocenters. The number of urea groups is 1. The summed E-state index contributed by atoms with van der Waals surface area (Å²) in [6, 6.07) is 9.02. The third kappa shape index (κ3) is 3.74. The number of carbonyl (C=O) groups is 2. The summed E-state index contributed by atoms with van der Waals surface area (Å²) >= 11 is 0. The van der Waals surface area contributed by atoms with Crippen LogP contribution in [-0.4, -0.2) is 52.5 Å². The molecular formula is C19H18F3N5O2. The van der Waals surface area contributed by atoms with Gasteiger partial charge in [-0.2, -0.15) is 13.2 Å². The van der Waals surface area contributed by atoms with E-state index in [0.29, 0.717) is 31.6 Å². The quantitative estimate of drug-likeness (QED) is 0.735. The van der Waals surface area contributed by atoms with E-state index >= 15 is 0 Å². The van der Waals surface area contributed by atoms with Crippen LogP contribution in [0.5, 0.6) is 0 Å². The smallest absolute Gasteiger partial charge is 0.341 e. The van der Waals surface area contributed by atoms with Gasteiger partial charge in [-0.1, -0.05) is 18.2 Å². The van der Waals surface area contributed by atoms with Crippen LogP contribution in [0.4, 0.5) is 29.6 Å². The van der Waals surface area contributed by atoms with Gasteiger partial charge in [-0.25, -0.2) is 19.7 Å².